The van der Waals surface area contributed by atoms with Gasteiger partial charge in [-0.15, -0.1) is 0 Å². The minimum absolute atomic E-state index is 0.0821. The maximum absolute atomic E-state index is 11.7. The molecule has 2 fully saturated rings. The molecule has 0 spiro atoms. The van der Waals surface area contributed by atoms with Crippen LogP contribution in [0.1, 0.15) is 13.3 Å². The molecule has 84 valence electrons. The van der Waals surface area contributed by atoms with Gasteiger partial charge in [0.25, 0.3) is 0 Å². The van der Waals surface area contributed by atoms with Gasteiger partial charge in [0.05, 0.1) is 12.5 Å². The first-order chi connectivity index (χ1) is 7.00. The van der Waals surface area contributed by atoms with Crippen molar-refractivity contribution in [1.29, 1.82) is 0 Å². The molecule has 5 heteroatoms. The average molecular weight is 211 g/mol. The molecule has 2 rings (SSSR count). The van der Waals surface area contributed by atoms with Crippen molar-refractivity contribution in [2.45, 2.75) is 25.4 Å². The van der Waals surface area contributed by atoms with E-state index in [4.69, 9.17) is 5.73 Å². The highest BCUT2D eigenvalue weighted by atomic mass is 16.2. The molecule has 3 unspecified atom stereocenters. The van der Waals surface area contributed by atoms with Crippen LogP contribution in [0.25, 0.3) is 0 Å². The maximum atomic E-state index is 11.7. The van der Waals surface area contributed by atoms with Crippen LogP contribution in [0.4, 0.5) is 0 Å². The van der Waals surface area contributed by atoms with Gasteiger partial charge in [-0.1, -0.05) is 6.92 Å². The van der Waals surface area contributed by atoms with Crippen molar-refractivity contribution < 1.29 is 9.59 Å². The largest absolute Gasteiger partial charge is 0.326 e. The molecular formula is C10H17N3O2. The lowest BCUT2D eigenvalue weighted by atomic mass is 10.1. The zero-order chi connectivity index (χ0) is 11.2. The summed E-state index contributed by atoms with van der Waals surface area (Å²) in [6.07, 6.45) is 0.314. The number of imide groups is 1. The van der Waals surface area contributed by atoms with Crippen LogP contribution in [0.5, 0.6) is 0 Å². The van der Waals surface area contributed by atoms with Crippen LogP contribution in [0, 0.1) is 5.92 Å². The molecule has 0 bridgehead atoms. The number of carbonyl (C=O) groups is 2. The molecular weight excluding hydrogens is 194 g/mol. The van der Waals surface area contributed by atoms with Crippen LogP contribution in [0.2, 0.25) is 0 Å². The fourth-order valence-electron chi connectivity index (χ4n) is 2.31. The Hall–Kier alpha value is -0.940. The van der Waals surface area contributed by atoms with Crippen molar-refractivity contribution in [2.24, 2.45) is 11.7 Å². The summed E-state index contributed by atoms with van der Waals surface area (Å²) in [5.41, 5.74) is 5.90. The minimum atomic E-state index is -0.265. The summed E-state index contributed by atoms with van der Waals surface area (Å²) in [7, 11) is 1.55. The zero-order valence-electron chi connectivity index (χ0n) is 9.14. The molecule has 0 radical (unpaired) electrons. The Kier molecular flexibility index (Phi) is 2.52. The summed E-state index contributed by atoms with van der Waals surface area (Å²) in [5, 5.41) is 0. The van der Waals surface area contributed by atoms with Crippen LogP contribution in [0.3, 0.4) is 0 Å². The van der Waals surface area contributed by atoms with Crippen LogP contribution in [-0.4, -0.2) is 53.8 Å². The van der Waals surface area contributed by atoms with Crippen LogP contribution < -0.4 is 5.73 Å². The molecule has 2 heterocycles. The van der Waals surface area contributed by atoms with Crippen molar-refractivity contribution in [2.75, 3.05) is 20.1 Å². The number of likely N-dealkylation sites (tertiary alicyclic amines) is 2. The summed E-state index contributed by atoms with van der Waals surface area (Å²) < 4.78 is 0. The van der Waals surface area contributed by atoms with Crippen molar-refractivity contribution >= 4 is 11.8 Å². The predicted molar refractivity (Wildman–Crippen MR) is 54.9 cm³/mol. The molecule has 0 saturated carbocycles. The Balaban J connectivity index is 2.07. The highest BCUT2D eigenvalue weighted by Crippen LogP contribution is 2.23. The van der Waals surface area contributed by atoms with Crippen LogP contribution >= 0.6 is 0 Å². The highest BCUT2D eigenvalue weighted by molar-refractivity contribution is 6.05. The third-order valence-corrected chi connectivity index (χ3v) is 3.50. The van der Waals surface area contributed by atoms with Gasteiger partial charge in [-0.05, 0) is 5.92 Å². The first-order valence-electron chi connectivity index (χ1n) is 5.30. The zero-order valence-corrected chi connectivity index (χ0v) is 9.14. The van der Waals surface area contributed by atoms with E-state index in [2.05, 4.69) is 6.92 Å². The molecule has 3 atom stereocenters. The Labute approximate surface area is 89.2 Å². The number of rotatable bonds is 1. The Bertz CT molecular complexity index is 295. The molecule has 0 aromatic heterocycles. The summed E-state index contributed by atoms with van der Waals surface area (Å²) in [5.74, 6) is 0.234. The summed E-state index contributed by atoms with van der Waals surface area (Å²) in [6.45, 7) is 3.62. The van der Waals surface area contributed by atoms with E-state index in [1.165, 1.54) is 4.90 Å². The van der Waals surface area contributed by atoms with E-state index in [1.54, 1.807) is 7.05 Å². The van der Waals surface area contributed by atoms with Gasteiger partial charge >= 0.3 is 0 Å². The monoisotopic (exact) mass is 211 g/mol. The van der Waals surface area contributed by atoms with E-state index in [9.17, 15) is 9.59 Å². The minimum Gasteiger partial charge on any atom is -0.326 e. The average Bonchev–Trinajstić information content (AvgIpc) is 2.63. The van der Waals surface area contributed by atoms with Crippen molar-refractivity contribution in [3.05, 3.63) is 0 Å². The van der Waals surface area contributed by atoms with Gasteiger partial charge < -0.3 is 5.73 Å². The summed E-state index contributed by atoms with van der Waals surface area (Å²) in [6, 6.07) is -0.141. The molecule has 0 aliphatic carbocycles. The second-order valence-electron chi connectivity index (χ2n) is 4.61. The molecule has 5 nitrogen and oxygen atoms in total. The molecule has 2 aliphatic rings. The number of hydrogen-bond donors (Lipinski definition) is 1. The first kappa shape index (κ1) is 10.6. The molecule has 2 N–H and O–H groups in total. The Morgan fingerprint density at radius 3 is 2.40 bits per heavy atom. The molecule has 0 aromatic carbocycles. The van der Waals surface area contributed by atoms with Gasteiger partial charge in [0, 0.05) is 26.2 Å². The Morgan fingerprint density at radius 1 is 1.33 bits per heavy atom. The van der Waals surface area contributed by atoms with Crippen molar-refractivity contribution in [1.82, 2.24) is 9.80 Å². The van der Waals surface area contributed by atoms with Gasteiger partial charge in [0.1, 0.15) is 0 Å². The third kappa shape index (κ3) is 1.66. The number of likely N-dealkylation sites (N-methyl/N-ethyl adjacent to an activating group) is 1. The second-order valence-corrected chi connectivity index (χ2v) is 4.61. The lowest BCUT2D eigenvalue weighted by molar-refractivity contribution is -0.137. The number of carbonyl (C=O) groups excluding carboxylic acids is 2. The molecule has 2 amide bonds. The smallest absolute Gasteiger partial charge is 0.246 e. The molecule has 2 aliphatic heterocycles. The number of hydrogen-bond acceptors (Lipinski definition) is 4. The lowest BCUT2D eigenvalue weighted by Crippen LogP contribution is -2.40. The van der Waals surface area contributed by atoms with Gasteiger partial charge in [-0.25, -0.2) is 0 Å². The van der Waals surface area contributed by atoms with Crippen molar-refractivity contribution in [3.63, 3.8) is 0 Å². The van der Waals surface area contributed by atoms with E-state index in [0.29, 0.717) is 12.3 Å². The molecule has 0 aromatic rings. The number of nitrogens with zero attached hydrogens (tertiary/aromatic N) is 2. The SMILES string of the molecule is CC1CN(C2CC(=O)N(C)C2=O)CC1N. The summed E-state index contributed by atoms with van der Waals surface area (Å²) >= 11 is 0. The highest BCUT2D eigenvalue weighted by Gasteiger charge is 2.43. The summed E-state index contributed by atoms with van der Waals surface area (Å²) in [4.78, 5) is 26.4. The maximum Gasteiger partial charge on any atom is 0.246 e. The first-order valence-corrected chi connectivity index (χ1v) is 5.30. The van der Waals surface area contributed by atoms with Gasteiger partial charge in [-0.2, -0.15) is 0 Å². The second kappa shape index (κ2) is 3.57. The number of nitrogens with two attached hydrogens (primary N) is 1. The van der Waals surface area contributed by atoms with E-state index in [1.807, 2.05) is 4.90 Å². The van der Waals surface area contributed by atoms with Gasteiger partial charge in [0.15, 0.2) is 0 Å². The molecule has 15 heavy (non-hydrogen) atoms. The van der Waals surface area contributed by atoms with E-state index >= 15 is 0 Å². The van der Waals surface area contributed by atoms with Gasteiger partial charge in [0.2, 0.25) is 11.8 Å². The number of amides is 2. The Morgan fingerprint density at radius 2 is 2.00 bits per heavy atom. The van der Waals surface area contributed by atoms with E-state index in [0.717, 1.165) is 13.1 Å². The fourth-order valence-corrected chi connectivity index (χ4v) is 2.31. The lowest BCUT2D eigenvalue weighted by Gasteiger charge is -2.20. The van der Waals surface area contributed by atoms with Crippen molar-refractivity contribution in [3.8, 4) is 0 Å². The molecule has 2 saturated heterocycles. The van der Waals surface area contributed by atoms with Crippen LogP contribution in [0.15, 0.2) is 0 Å². The fraction of sp³-hybridized carbons (Fsp3) is 0.800. The van der Waals surface area contributed by atoms with Gasteiger partial charge in [-0.3, -0.25) is 19.4 Å². The predicted octanol–water partition coefficient (Wildman–Crippen LogP) is -0.977. The normalized spacial score (nSPS) is 38.1. The van der Waals surface area contributed by atoms with E-state index < -0.39 is 0 Å². The third-order valence-electron chi connectivity index (χ3n) is 3.50. The van der Waals surface area contributed by atoms with Crippen LogP contribution in [-0.2, 0) is 9.59 Å². The standard InChI is InChI=1S/C10H17N3O2/c1-6-4-13(5-7(6)11)8-3-9(14)12(2)10(8)15/h6-8H,3-5,11H2,1-2H3. The quantitative estimate of drug-likeness (QED) is 0.566. The van der Waals surface area contributed by atoms with E-state index in [-0.39, 0.29) is 23.9 Å². The topological polar surface area (TPSA) is 66.6 Å².